The lowest BCUT2D eigenvalue weighted by Gasteiger charge is -2.34. The van der Waals surface area contributed by atoms with Crippen molar-refractivity contribution >= 4 is 21.9 Å². The van der Waals surface area contributed by atoms with Gasteiger partial charge < -0.3 is 15.0 Å². The minimum absolute atomic E-state index is 0.0432. The Morgan fingerprint density at radius 2 is 1.72 bits per heavy atom. The fourth-order valence-electron chi connectivity index (χ4n) is 2.57. The van der Waals surface area contributed by atoms with Crippen molar-refractivity contribution in [2.75, 3.05) is 46.4 Å². The molecule has 8 nitrogen and oxygen atoms in total. The molecule has 1 fully saturated rings. The Balaban J connectivity index is 2.04. The van der Waals surface area contributed by atoms with Crippen LogP contribution >= 0.6 is 0 Å². The molecular weight excluding hydrogens is 346 g/mol. The summed E-state index contributed by atoms with van der Waals surface area (Å²) >= 11 is 0. The molecule has 0 spiro atoms. The summed E-state index contributed by atoms with van der Waals surface area (Å²) in [6, 6.07) is 5.69. The normalized spacial score (nSPS) is 15.8. The summed E-state index contributed by atoms with van der Waals surface area (Å²) in [4.78, 5) is 25.2. The van der Waals surface area contributed by atoms with Gasteiger partial charge in [0.1, 0.15) is 0 Å². The standard InChI is InChI=1S/C16H23N3O5S/c1-3-24-16(21)13-4-6-14(7-5-13)25(22,23)19-10-8-18(9-11-19)15(20)12-17-2/h4-7,17H,3,8-12H2,1-2H3. The van der Waals surface area contributed by atoms with Crippen molar-refractivity contribution < 1.29 is 22.7 Å². The zero-order chi connectivity index (χ0) is 18.4. The van der Waals surface area contributed by atoms with E-state index in [9.17, 15) is 18.0 Å². The lowest BCUT2D eigenvalue weighted by molar-refractivity contribution is -0.131. The molecule has 138 valence electrons. The maximum atomic E-state index is 12.7. The average Bonchev–Trinajstić information content (AvgIpc) is 2.62. The largest absolute Gasteiger partial charge is 0.462 e. The Labute approximate surface area is 147 Å². The van der Waals surface area contributed by atoms with Gasteiger partial charge in [0, 0.05) is 26.2 Å². The fourth-order valence-corrected chi connectivity index (χ4v) is 3.99. The molecule has 0 atom stereocenters. The van der Waals surface area contributed by atoms with Gasteiger partial charge in [-0.25, -0.2) is 13.2 Å². The third-order valence-electron chi connectivity index (χ3n) is 3.92. The number of amides is 1. The van der Waals surface area contributed by atoms with Crippen molar-refractivity contribution in [1.29, 1.82) is 0 Å². The maximum absolute atomic E-state index is 12.7. The quantitative estimate of drug-likeness (QED) is 0.705. The lowest BCUT2D eigenvalue weighted by atomic mass is 10.2. The van der Waals surface area contributed by atoms with Gasteiger partial charge in [-0.15, -0.1) is 0 Å². The number of nitrogens with one attached hydrogen (secondary N) is 1. The van der Waals surface area contributed by atoms with E-state index in [1.165, 1.54) is 28.6 Å². The molecule has 0 aliphatic carbocycles. The molecule has 1 aliphatic rings. The Bertz CT molecular complexity index is 710. The van der Waals surface area contributed by atoms with Gasteiger partial charge in [0.2, 0.25) is 15.9 Å². The van der Waals surface area contributed by atoms with Crippen LogP contribution in [-0.2, 0) is 19.6 Å². The molecule has 0 unspecified atom stereocenters. The lowest BCUT2D eigenvalue weighted by Crippen LogP contribution is -2.52. The van der Waals surface area contributed by atoms with Crippen LogP contribution in [0.25, 0.3) is 0 Å². The number of benzene rings is 1. The van der Waals surface area contributed by atoms with Crippen LogP contribution in [0.3, 0.4) is 0 Å². The SMILES string of the molecule is CCOC(=O)c1ccc(S(=O)(=O)N2CCN(C(=O)CNC)CC2)cc1. The molecule has 0 aromatic heterocycles. The number of esters is 1. The molecule has 0 radical (unpaired) electrons. The number of carbonyl (C=O) groups excluding carboxylic acids is 2. The van der Waals surface area contributed by atoms with Crippen LogP contribution in [0.1, 0.15) is 17.3 Å². The molecule has 2 rings (SSSR count). The first-order valence-corrected chi connectivity index (χ1v) is 9.54. The van der Waals surface area contributed by atoms with Gasteiger partial charge in [-0.05, 0) is 38.2 Å². The van der Waals surface area contributed by atoms with Gasteiger partial charge in [0.05, 0.1) is 23.6 Å². The van der Waals surface area contributed by atoms with E-state index in [2.05, 4.69) is 5.32 Å². The first-order valence-electron chi connectivity index (χ1n) is 8.10. The number of carbonyl (C=O) groups is 2. The third-order valence-corrected chi connectivity index (χ3v) is 5.84. The minimum Gasteiger partial charge on any atom is -0.462 e. The summed E-state index contributed by atoms with van der Waals surface area (Å²) in [6.45, 7) is 3.42. The molecule has 9 heteroatoms. The molecule has 25 heavy (non-hydrogen) atoms. The molecule has 1 aromatic rings. The monoisotopic (exact) mass is 369 g/mol. The van der Waals surface area contributed by atoms with Gasteiger partial charge >= 0.3 is 5.97 Å². The van der Waals surface area contributed by atoms with Crippen LogP contribution in [0.4, 0.5) is 0 Å². The van der Waals surface area contributed by atoms with Gasteiger partial charge in [-0.1, -0.05) is 0 Å². The minimum atomic E-state index is -3.65. The Hall–Kier alpha value is -1.97. The zero-order valence-corrected chi connectivity index (χ0v) is 15.2. The van der Waals surface area contributed by atoms with Crippen LogP contribution in [0.5, 0.6) is 0 Å². The van der Waals surface area contributed by atoms with Gasteiger partial charge in [-0.3, -0.25) is 4.79 Å². The highest BCUT2D eigenvalue weighted by Crippen LogP contribution is 2.18. The van der Waals surface area contributed by atoms with E-state index in [0.717, 1.165) is 0 Å². The summed E-state index contributed by atoms with van der Waals surface area (Å²) in [5.41, 5.74) is 0.309. The topological polar surface area (TPSA) is 96.0 Å². The highest BCUT2D eigenvalue weighted by molar-refractivity contribution is 7.89. The van der Waals surface area contributed by atoms with Crippen LogP contribution in [0.15, 0.2) is 29.2 Å². The molecule has 1 aromatic carbocycles. The van der Waals surface area contributed by atoms with Gasteiger partial charge in [0.25, 0.3) is 0 Å². The second-order valence-electron chi connectivity index (χ2n) is 5.56. The van der Waals surface area contributed by atoms with E-state index in [4.69, 9.17) is 4.74 Å². The molecule has 1 heterocycles. The van der Waals surface area contributed by atoms with E-state index >= 15 is 0 Å². The van der Waals surface area contributed by atoms with E-state index in [-0.39, 0.29) is 37.0 Å². The summed E-state index contributed by atoms with van der Waals surface area (Å²) in [7, 11) is -1.96. The number of likely N-dealkylation sites (N-methyl/N-ethyl adjacent to an activating group) is 1. The molecule has 0 bridgehead atoms. The van der Waals surface area contributed by atoms with Gasteiger partial charge in [0.15, 0.2) is 0 Å². The van der Waals surface area contributed by atoms with Crippen molar-refractivity contribution in [2.45, 2.75) is 11.8 Å². The number of hydrogen-bond donors (Lipinski definition) is 1. The van der Waals surface area contributed by atoms with Crippen molar-refractivity contribution in [3.05, 3.63) is 29.8 Å². The summed E-state index contributed by atoms with van der Waals surface area (Å²) in [5, 5.41) is 2.79. The molecule has 1 saturated heterocycles. The molecule has 1 aliphatic heterocycles. The molecule has 1 amide bonds. The third kappa shape index (κ3) is 4.56. The predicted molar refractivity (Wildman–Crippen MR) is 91.7 cm³/mol. The first-order chi connectivity index (χ1) is 11.9. The van der Waals surface area contributed by atoms with Gasteiger partial charge in [-0.2, -0.15) is 4.31 Å². The highest BCUT2D eigenvalue weighted by atomic mass is 32.2. The molecular formula is C16H23N3O5S. The second-order valence-corrected chi connectivity index (χ2v) is 7.50. The number of hydrogen-bond acceptors (Lipinski definition) is 6. The second kappa shape index (κ2) is 8.41. The van der Waals surface area contributed by atoms with Crippen molar-refractivity contribution in [3.63, 3.8) is 0 Å². The van der Waals surface area contributed by atoms with E-state index in [1.54, 1.807) is 18.9 Å². The number of ether oxygens (including phenoxy) is 1. The van der Waals surface area contributed by atoms with Crippen molar-refractivity contribution in [3.8, 4) is 0 Å². The van der Waals surface area contributed by atoms with E-state index in [0.29, 0.717) is 18.7 Å². The zero-order valence-electron chi connectivity index (χ0n) is 14.4. The molecule has 1 N–H and O–H groups in total. The summed E-state index contributed by atoms with van der Waals surface area (Å²) in [6.07, 6.45) is 0. The molecule has 0 saturated carbocycles. The van der Waals surface area contributed by atoms with Crippen molar-refractivity contribution in [1.82, 2.24) is 14.5 Å². The number of rotatable bonds is 6. The Morgan fingerprint density at radius 3 is 2.24 bits per heavy atom. The fraction of sp³-hybridized carbons (Fsp3) is 0.500. The smallest absolute Gasteiger partial charge is 0.338 e. The maximum Gasteiger partial charge on any atom is 0.338 e. The number of sulfonamides is 1. The predicted octanol–water partition coefficient (Wildman–Crippen LogP) is -0.0844. The van der Waals surface area contributed by atoms with Crippen LogP contribution in [-0.4, -0.2) is 75.9 Å². The number of piperazine rings is 1. The highest BCUT2D eigenvalue weighted by Gasteiger charge is 2.30. The summed E-state index contributed by atoms with van der Waals surface area (Å²) in [5.74, 6) is -0.526. The van der Waals surface area contributed by atoms with Crippen LogP contribution in [0.2, 0.25) is 0 Å². The van der Waals surface area contributed by atoms with E-state index < -0.39 is 16.0 Å². The number of nitrogens with zero attached hydrogens (tertiary/aromatic N) is 2. The Kier molecular flexibility index (Phi) is 6.51. The average molecular weight is 369 g/mol. The first kappa shape index (κ1) is 19.4. The van der Waals surface area contributed by atoms with Crippen LogP contribution in [0, 0.1) is 0 Å². The summed E-state index contributed by atoms with van der Waals surface area (Å²) < 4.78 is 31.6. The van der Waals surface area contributed by atoms with Crippen molar-refractivity contribution in [2.24, 2.45) is 0 Å². The van der Waals surface area contributed by atoms with E-state index in [1.807, 2.05) is 0 Å². The van der Waals surface area contributed by atoms with Crippen LogP contribution < -0.4 is 5.32 Å². The Morgan fingerprint density at radius 1 is 1.12 bits per heavy atom.